The lowest BCUT2D eigenvalue weighted by atomic mass is 10.2. The molecule has 4 heterocycles. The second-order valence-corrected chi connectivity index (χ2v) is 8.78. The second kappa shape index (κ2) is 7.84. The molecule has 0 radical (unpaired) electrons. The maximum Gasteiger partial charge on any atom is 0.410 e. The number of nitrogens with one attached hydrogen (secondary N) is 2. The smallest absolute Gasteiger partial charge is 0.410 e. The molecule has 1 aliphatic rings. The van der Waals surface area contributed by atoms with Crippen LogP contribution in [0, 0.1) is 6.92 Å². The first kappa shape index (κ1) is 21.1. The first-order valence-electron chi connectivity index (χ1n) is 9.97. The van der Waals surface area contributed by atoms with Crippen LogP contribution in [-0.4, -0.2) is 67.7 Å². The fourth-order valence-corrected chi connectivity index (χ4v) is 3.61. The summed E-state index contributed by atoms with van der Waals surface area (Å²) in [7, 11) is 0. The van der Waals surface area contributed by atoms with E-state index in [4.69, 9.17) is 16.3 Å². The Hall–Kier alpha value is -3.14. The monoisotopic (exact) mass is 445 g/mol. The third-order valence-electron chi connectivity index (χ3n) is 4.88. The van der Waals surface area contributed by atoms with Gasteiger partial charge in [0.2, 0.25) is 5.95 Å². The molecule has 11 heteroatoms. The largest absolute Gasteiger partial charge is 0.444 e. The third-order valence-corrected chi connectivity index (χ3v) is 5.20. The quantitative estimate of drug-likeness (QED) is 0.622. The van der Waals surface area contributed by atoms with Crippen molar-refractivity contribution in [1.82, 2.24) is 29.8 Å². The highest BCUT2D eigenvalue weighted by atomic mass is 35.5. The summed E-state index contributed by atoms with van der Waals surface area (Å²) in [6, 6.07) is 1.60. The highest BCUT2D eigenvalue weighted by Gasteiger charge is 2.27. The molecule has 0 atom stereocenters. The van der Waals surface area contributed by atoms with Gasteiger partial charge < -0.3 is 24.5 Å². The van der Waals surface area contributed by atoms with Crippen molar-refractivity contribution < 1.29 is 9.53 Å². The number of piperazine rings is 1. The number of H-pyrrole nitrogens is 2. The minimum absolute atomic E-state index is 0.258. The molecule has 0 spiro atoms. The summed E-state index contributed by atoms with van der Waals surface area (Å²) < 4.78 is 5.44. The van der Waals surface area contributed by atoms with E-state index in [1.54, 1.807) is 11.0 Å². The summed E-state index contributed by atoms with van der Waals surface area (Å²) in [4.78, 5) is 47.5. The number of hydrogen-bond donors (Lipinski definition) is 2. The van der Waals surface area contributed by atoms with E-state index < -0.39 is 5.60 Å². The third kappa shape index (κ3) is 4.34. The van der Waals surface area contributed by atoms with Gasteiger partial charge in [0.15, 0.2) is 5.65 Å². The first-order valence-corrected chi connectivity index (χ1v) is 10.3. The Labute approximate surface area is 183 Å². The van der Waals surface area contributed by atoms with Crippen LogP contribution in [0.5, 0.6) is 0 Å². The van der Waals surface area contributed by atoms with Crippen molar-refractivity contribution in [3.8, 4) is 11.4 Å². The van der Waals surface area contributed by atoms with E-state index in [2.05, 4.69) is 24.9 Å². The number of rotatable bonds is 2. The summed E-state index contributed by atoms with van der Waals surface area (Å²) in [5.74, 6) is 0.867. The van der Waals surface area contributed by atoms with Gasteiger partial charge >= 0.3 is 6.09 Å². The van der Waals surface area contributed by atoms with Gasteiger partial charge in [-0.2, -0.15) is 4.98 Å². The normalized spacial score (nSPS) is 14.9. The molecule has 1 fully saturated rings. The molecular formula is C20H24ClN7O3. The number of aryl methyl sites for hydroxylation is 1. The van der Waals surface area contributed by atoms with E-state index in [1.165, 1.54) is 6.20 Å². The van der Waals surface area contributed by atoms with Crippen molar-refractivity contribution in [2.75, 3.05) is 31.1 Å². The van der Waals surface area contributed by atoms with Gasteiger partial charge in [-0.1, -0.05) is 11.6 Å². The Bertz CT molecular complexity index is 1190. The van der Waals surface area contributed by atoms with E-state index in [9.17, 15) is 9.59 Å². The van der Waals surface area contributed by atoms with Crippen LogP contribution in [0.3, 0.4) is 0 Å². The summed E-state index contributed by atoms with van der Waals surface area (Å²) in [6.07, 6.45) is 1.17. The van der Waals surface area contributed by atoms with Gasteiger partial charge in [0.1, 0.15) is 22.5 Å². The Morgan fingerprint density at radius 3 is 2.52 bits per heavy atom. The van der Waals surface area contributed by atoms with Crippen molar-refractivity contribution in [3.63, 3.8) is 0 Å². The van der Waals surface area contributed by atoms with Crippen LogP contribution < -0.4 is 10.5 Å². The molecule has 164 valence electrons. The van der Waals surface area contributed by atoms with Crippen LogP contribution in [0.15, 0.2) is 17.1 Å². The molecule has 1 aliphatic heterocycles. The SMILES string of the molecule is Cc1nc(N2CCN(C(=O)OC(C)(C)C)CC2)nc2nc(-c3c(Cl)cc[nH]c3=O)[nH]c12. The number of ether oxygens (including phenoxy) is 1. The average Bonchev–Trinajstić information content (AvgIpc) is 3.11. The Kier molecular flexibility index (Phi) is 5.34. The first-order chi connectivity index (χ1) is 14.6. The molecule has 0 aliphatic carbocycles. The molecular weight excluding hydrogens is 422 g/mol. The molecule has 2 N–H and O–H groups in total. The van der Waals surface area contributed by atoms with E-state index in [0.29, 0.717) is 59.8 Å². The van der Waals surface area contributed by atoms with Gasteiger partial charge in [0.05, 0.1) is 10.7 Å². The van der Waals surface area contributed by atoms with Gasteiger partial charge in [-0.15, -0.1) is 0 Å². The number of imidazole rings is 1. The number of hydrogen-bond acceptors (Lipinski definition) is 7. The zero-order valence-electron chi connectivity index (χ0n) is 17.8. The van der Waals surface area contributed by atoms with Crippen molar-refractivity contribution in [2.24, 2.45) is 0 Å². The second-order valence-electron chi connectivity index (χ2n) is 8.38. The van der Waals surface area contributed by atoms with E-state index in [-0.39, 0.29) is 17.2 Å². The van der Waals surface area contributed by atoms with Crippen LogP contribution in [0.2, 0.25) is 5.02 Å². The topological polar surface area (TPSA) is 120 Å². The number of aromatic amines is 2. The summed E-state index contributed by atoms with van der Waals surface area (Å²) in [6.45, 7) is 9.57. The number of carbonyl (C=O) groups excluding carboxylic acids is 1. The van der Waals surface area contributed by atoms with Gasteiger partial charge in [-0.05, 0) is 33.8 Å². The lowest BCUT2D eigenvalue weighted by molar-refractivity contribution is 0.0240. The Balaban J connectivity index is 1.56. The molecule has 10 nitrogen and oxygen atoms in total. The van der Waals surface area contributed by atoms with Crippen molar-refractivity contribution in [1.29, 1.82) is 0 Å². The molecule has 4 rings (SSSR count). The van der Waals surface area contributed by atoms with Gasteiger partial charge in [-0.3, -0.25) is 4.79 Å². The zero-order valence-corrected chi connectivity index (χ0v) is 18.6. The average molecular weight is 446 g/mol. The molecule has 0 unspecified atom stereocenters. The number of anilines is 1. The summed E-state index contributed by atoms with van der Waals surface area (Å²) in [5.41, 5.74) is 1.19. The van der Waals surface area contributed by atoms with Gasteiger partial charge in [-0.25, -0.2) is 14.8 Å². The number of nitrogens with zero attached hydrogens (tertiary/aromatic N) is 5. The van der Waals surface area contributed by atoms with Crippen LogP contribution in [0.25, 0.3) is 22.6 Å². The molecule has 3 aromatic rings. The Morgan fingerprint density at radius 1 is 1.16 bits per heavy atom. The maximum atomic E-state index is 12.3. The minimum Gasteiger partial charge on any atom is -0.444 e. The lowest BCUT2D eigenvalue weighted by Crippen LogP contribution is -2.50. The number of amides is 1. The number of aromatic nitrogens is 5. The van der Waals surface area contributed by atoms with Gasteiger partial charge in [0.25, 0.3) is 5.56 Å². The molecule has 1 saturated heterocycles. The van der Waals surface area contributed by atoms with Crippen LogP contribution in [-0.2, 0) is 4.74 Å². The van der Waals surface area contributed by atoms with E-state index in [0.717, 1.165) is 0 Å². The van der Waals surface area contributed by atoms with Crippen LogP contribution >= 0.6 is 11.6 Å². The standard InChI is InChI=1S/C20H24ClN7O3/c1-11-14-16(25-15(24-14)13-12(21)5-6-22-17(13)29)26-18(23-11)27-7-9-28(10-8-27)19(30)31-20(2,3)4/h5-6H,7-10H2,1-4H3,(H,22,29)(H,23,24,25,26). The Morgan fingerprint density at radius 2 is 1.87 bits per heavy atom. The molecule has 3 aromatic heterocycles. The minimum atomic E-state index is -0.527. The van der Waals surface area contributed by atoms with Crippen LogP contribution in [0.4, 0.5) is 10.7 Å². The van der Waals surface area contributed by atoms with Gasteiger partial charge in [0, 0.05) is 32.4 Å². The number of pyridine rings is 1. The highest BCUT2D eigenvalue weighted by molar-refractivity contribution is 6.33. The molecule has 31 heavy (non-hydrogen) atoms. The zero-order chi connectivity index (χ0) is 22.3. The lowest BCUT2D eigenvalue weighted by Gasteiger charge is -2.35. The van der Waals surface area contributed by atoms with Crippen molar-refractivity contribution in [3.05, 3.63) is 33.3 Å². The molecule has 0 saturated carbocycles. The fourth-order valence-electron chi connectivity index (χ4n) is 3.37. The molecule has 1 amide bonds. The molecule has 0 bridgehead atoms. The predicted molar refractivity (Wildman–Crippen MR) is 118 cm³/mol. The predicted octanol–water partition coefficient (Wildman–Crippen LogP) is 2.73. The number of halogens is 1. The number of carbonyl (C=O) groups is 1. The summed E-state index contributed by atoms with van der Waals surface area (Å²) in [5, 5.41) is 0.298. The summed E-state index contributed by atoms with van der Waals surface area (Å²) >= 11 is 6.20. The van der Waals surface area contributed by atoms with Crippen LogP contribution in [0.1, 0.15) is 26.5 Å². The van der Waals surface area contributed by atoms with Crippen molar-refractivity contribution in [2.45, 2.75) is 33.3 Å². The fraction of sp³-hybridized carbons (Fsp3) is 0.450. The van der Waals surface area contributed by atoms with E-state index >= 15 is 0 Å². The maximum absolute atomic E-state index is 12.3. The molecule has 0 aromatic carbocycles. The van der Waals surface area contributed by atoms with E-state index in [1.807, 2.05) is 32.6 Å². The number of fused-ring (bicyclic) bond motifs is 1. The highest BCUT2D eigenvalue weighted by Crippen LogP contribution is 2.25. The van der Waals surface area contributed by atoms with Crippen molar-refractivity contribution >= 4 is 34.8 Å².